The van der Waals surface area contributed by atoms with Crippen LogP contribution in [0, 0.1) is 6.92 Å². The van der Waals surface area contributed by atoms with Crippen molar-refractivity contribution in [3.05, 3.63) is 59.5 Å². The molecule has 0 aliphatic heterocycles. The van der Waals surface area contributed by atoms with Gasteiger partial charge in [-0.2, -0.15) is 0 Å². The summed E-state index contributed by atoms with van der Waals surface area (Å²) >= 11 is 1.61. The van der Waals surface area contributed by atoms with Gasteiger partial charge in [0.15, 0.2) is 11.5 Å². The number of anilines is 1. The van der Waals surface area contributed by atoms with Crippen molar-refractivity contribution >= 4 is 34.5 Å². The van der Waals surface area contributed by atoms with Crippen molar-refractivity contribution in [3.8, 4) is 0 Å². The van der Waals surface area contributed by atoms with Crippen LogP contribution in [0.1, 0.15) is 36.8 Å². The van der Waals surface area contributed by atoms with Crippen LogP contribution in [-0.2, 0) is 10.5 Å². The van der Waals surface area contributed by atoms with Gasteiger partial charge in [0.2, 0.25) is 5.91 Å². The lowest BCUT2D eigenvalue weighted by Gasteiger charge is -2.05. The molecule has 1 N–H and O–H groups in total. The molecule has 0 radical (unpaired) electrons. The molecule has 25 heavy (non-hydrogen) atoms. The molecule has 0 atom stereocenters. The van der Waals surface area contributed by atoms with Crippen LogP contribution in [-0.4, -0.2) is 16.6 Å². The summed E-state index contributed by atoms with van der Waals surface area (Å²) in [5.41, 5.74) is 4.74. The van der Waals surface area contributed by atoms with Gasteiger partial charge in [0.25, 0.3) is 0 Å². The minimum absolute atomic E-state index is 0.00965. The number of oxazole rings is 1. The first-order valence-corrected chi connectivity index (χ1v) is 9.50. The summed E-state index contributed by atoms with van der Waals surface area (Å²) in [6.45, 7) is 6.16. The summed E-state index contributed by atoms with van der Waals surface area (Å²) in [7, 11) is 0. The van der Waals surface area contributed by atoms with Crippen LogP contribution < -0.4 is 5.32 Å². The van der Waals surface area contributed by atoms with Crippen LogP contribution in [0.15, 0.2) is 46.9 Å². The molecular weight excluding hydrogens is 332 g/mol. The van der Waals surface area contributed by atoms with Crippen molar-refractivity contribution in [2.45, 2.75) is 32.4 Å². The zero-order chi connectivity index (χ0) is 17.8. The Bertz CT molecular complexity index is 886. The lowest BCUT2D eigenvalue weighted by atomic mass is 10.2. The number of carbonyl (C=O) groups excluding carboxylic acids is 1. The van der Waals surface area contributed by atoms with Crippen LogP contribution in [0.25, 0.3) is 11.1 Å². The number of aromatic nitrogens is 1. The predicted molar refractivity (Wildman–Crippen MR) is 104 cm³/mol. The number of rotatable bonds is 6. The number of hydrogen-bond donors (Lipinski definition) is 1. The third-order valence-electron chi connectivity index (χ3n) is 3.77. The molecule has 3 rings (SSSR count). The van der Waals surface area contributed by atoms with Gasteiger partial charge in [-0.05, 0) is 30.7 Å². The molecule has 0 fully saturated rings. The second-order valence-corrected chi connectivity index (χ2v) is 7.40. The van der Waals surface area contributed by atoms with E-state index in [-0.39, 0.29) is 11.8 Å². The molecule has 0 aliphatic carbocycles. The number of nitrogens with one attached hydrogen (secondary N) is 1. The standard InChI is InChI=1S/C20H22N2O2S/c1-13(2)20-22-17-10-16(7-8-18(17)24-20)21-19(23)12-25-11-15-6-4-5-14(3)9-15/h4-10,13H,11-12H2,1-3H3,(H,21,23). The highest BCUT2D eigenvalue weighted by Crippen LogP contribution is 2.24. The molecule has 0 saturated carbocycles. The van der Waals surface area contributed by atoms with E-state index in [1.807, 2.05) is 38.1 Å². The second kappa shape index (κ2) is 7.74. The Balaban J connectivity index is 1.56. The molecule has 0 unspecified atom stereocenters. The smallest absolute Gasteiger partial charge is 0.234 e. The maximum Gasteiger partial charge on any atom is 0.234 e. The van der Waals surface area contributed by atoms with Gasteiger partial charge in [-0.1, -0.05) is 43.7 Å². The molecule has 1 amide bonds. The first-order chi connectivity index (χ1) is 12.0. The van der Waals surface area contributed by atoms with Crippen molar-refractivity contribution in [1.82, 2.24) is 4.98 Å². The summed E-state index contributed by atoms with van der Waals surface area (Å²) in [6.07, 6.45) is 0. The van der Waals surface area contributed by atoms with Gasteiger partial charge < -0.3 is 9.73 Å². The van der Waals surface area contributed by atoms with Crippen molar-refractivity contribution in [2.75, 3.05) is 11.1 Å². The molecule has 0 bridgehead atoms. The number of benzene rings is 2. The van der Waals surface area contributed by atoms with Crippen molar-refractivity contribution < 1.29 is 9.21 Å². The van der Waals surface area contributed by atoms with Crippen LogP contribution in [0.5, 0.6) is 0 Å². The fourth-order valence-corrected chi connectivity index (χ4v) is 3.31. The van der Waals surface area contributed by atoms with E-state index in [4.69, 9.17) is 4.42 Å². The van der Waals surface area contributed by atoms with E-state index in [9.17, 15) is 4.79 Å². The van der Waals surface area contributed by atoms with E-state index in [0.29, 0.717) is 11.6 Å². The Labute approximate surface area is 152 Å². The molecule has 130 valence electrons. The van der Waals surface area contributed by atoms with Gasteiger partial charge in [-0.3, -0.25) is 4.79 Å². The summed E-state index contributed by atoms with van der Waals surface area (Å²) in [5, 5.41) is 2.93. The van der Waals surface area contributed by atoms with E-state index in [1.54, 1.807) is 11.8 Å². The van der Waals surface area contributed by atoms with Crippen LogP contribution >= 0.6 is 11.8 Å². The van der Waals surface area contributed by atoms with Crippen molar-refractivity contribution in [1.29, 1.82) is 0 Å². The molecule has 0 aliphatic rings. The van der Waals surface area contributed by atoms with Crippen LogP contribution in [0.4, 0.5) is 5.69 Å². The minimum Gasteiger partial charge on any atom is -0.440 e. The summed E-state index contributed by atoms with van der Waals surface area (Å²) < 4.78 is 5.69. The number of hydrogen-bond acceptors (Lipinski definition) is 4. The maximum absolute atomic E-state index is 12.1. The van der Waals surface area contributed by atoms with Gasteiger partial charge in [0.1, 0.15) is 5.52 Å². The first-order valence-electron chi connectivity index (χ1n) is 8.35. The largest absolute Gasteiger partial charge is 0.440 e. The zero-order valence-electron chi connectivity index (χ0n) is 14.7. The number of fused-ring (bicyclic) bond motifs is 1. The number of carbonyl (C=O) groups is 1. The quantitative estimate of drug-likeness (QED) is 0.666. The minimum atomic E-state index is -0.00965. The molecule has 3 aromatic rings. The second-order valence-electron chi connectivity index (χ2n) is 6.42. The van der Waals surface area contributed by atoms with E-state index < -0.39 is 0 Å². The molecule has 1 heterocycles. The van der Waals surface area contributed by atoms with Gasteiger partial charge in [-0.15, -0.1) is 11.8 Å². The van der Waals surface area contributed by atoms with E-state index in [2.05, 4.69) is 35.4 Å². The number of thioether (sulfide) groups is 1. The lowest BCUT2D eigenvalue weighted by molar-refractivity contribution is -0.113. The Morgan fingerprint density at radius 1 is 1.24 bits per heavy atom. The average Bonchev–Trinajstić information content (AvgIpc) is 2.98. The SMILES string of the molecule is Cc1cccc(CSCC(=O)Nc2ccc3oc(C(C)C)nc3c2)c1. The van der Waals surface area contributed by atoms with Crippen molar-refractivity contribution in [2.24, 2.45) is 0 Å². The number of aryl methyl sites for hydroxylation is 1. The molecule has 4 nitrogen and oxygen atoms in total. The van der Waals surface area contributed by atoms with E-state index in [0.717, 1.165) is 22.5 Å². The molecule has 5 heteroatoms. The van der Waals surface area contributed by atoms with Gasteiger partial charge in [-0.25, -0.2) is 4.98 Å². The summed E-state index contributed by atoms with van der Waals surface area (Å²) in [4.78, 5) is 16.6. The van der Waals surface area contributed by atoms with Gasteiger partial charge in [0, 0.05) is 17.4 Å². The van der Waals surface area contributed by atoms with Crippen molar-refractivity contribution in [3.63, 3.8) is 0 Å². The van der Waals surface area contributed by atoms with Gasteiger partial charge in [0.05, 0.1) is 5.75 Å². The Morgan fingerprint density at radius 3 is 2.84 bits per heavy atom. The predicted octanol–water partition coefficient (Wildman–Crippen LogP) is 5.13. The normalized spacial score (nSPS) is 11.2. The molecular formula is C20H22N2O2S. The third-order valence-corrected chi connectivity index (χ3v) is 4.77. The monoisotopic (exact) mass is 354 g/mol. The molecule has 0 saturated heterocycles. The van der Waals surface area contributed by atoms with E-state index >= 15 is 0 Å². The van der Waals surface area contributed by atoms with Crippen LogP contribution in [0.3, 0.4) is 0 Å². The molecule has 1 aromatic heterocycles. The molecule has 2 aromatic carbocycles. The fraction of sp³-hybridized carbons (Fsp3) is 0.300. The summed E-state index contributed by atoms with van der Waals surface area (Å²) in [5.74, 6) is 2.19. The zero-order valence-corrected chi connectivity index (χ0v) is 15.5. The van der Waals surface area contributed by atoms with Crippen LogP contribution in [0.2, 0.25) is 0 Å². The van der Waals surface area contributed by atoms with Gasteiger partial charge >= 0.3 is 0 Å². The summed E-state index contributed by atoms with van der Waals surface area (Å²) in [6, 6.07) is 13.9. The number of nitrogens with zero attached hydrogens (tertiary/aromatic N) is 1. The highest BCUT2D eigenvalue weighted by atomic mass is 32.2. The fourth-order valence-electron chi connectivity index (χ4n) is 2.53. The first kappa shape index (κ1) is 17.5. The highest BCUT2D eigenvalue weighted by molar-refractivity contribution is 7.99. The maximum atomic E-state index is 12.1. The Morgan fingerprint density at radius 2 is 2.08 bits per heavy atom. The highest BCUT2D eigenvalue weighted by Gasteiger charge is 2.10. The average molecular weight is 354 g/mol. The lowest BCUT2D eigenvalue weighted by Crippen LogP contribution is -2.14. The topological polar surface area (TPSA) is 55.1 Å². The Kier molecular flexibility index (Phi) is 5.43. The number of amides is 1. The Hall–Kier alpha value is -2.27. The third kappa shape index (κ3) is 4.63. The van der Waals surface area contributed by atoms with E-state index in [1.165, 1.54) is 11.1 Å². The molecule has 0 spiro atoms.